The van der Waals surface area contributed by atoms with E-state index in [0.717, 1.165) is 10.7 Å². The highest BCUT2D eigenvalue weighted by Gasteiger charge is 2.32. The molecule has 0 amide bonds. The van der Waals surface area contributed by atoms with Crippen molar-refractivity contribution < 1.29 is 17.9 Å². The Labute approximate surface area is 121 Å². The van der Waals surface area contributed by atoms with Crippen molar-refractivity contribution in [3.63, 3.8) is 0 Å². The smallest absolute Gasteiger partial charge is 0.405 e. The number of fused-ring (bicyclic) bond motifs is 1. The van der Waals surface area contributed by atoms with Crippen molar-refractivity contribution in [2.45, 2.75) is 6.36 Å². The Morgan fingerprint density at radius 3 is 2.41 bits per heavy atom. The summed E-state index contributed by atoms with van der Waals surface area (Å²) >= 11 is 0. The van der Waals surface area contributed by atoms with Crippen molar-refractivity contribution in [3.8, 4) is 11.4 Å². The second kappa shape index (κ2) is 5.14. The van der Waals surface area contributed by atoms with Crippen molar-refractivity contribution in [2.24, 2.45) is 0 Å². The molecule has 0 N–H and O–H groups in total. The van der Waals surface area contributed by atoms with Crippen molar-refractivity contribution in [1.29, 1.82) is 0 Å². The molecule has 0 fully saturated rings. The molecule has 3 rings (SSSR count). The number of hydrogen-bond donors (Lipinski definition) is 0. The number of alkyl halides is 3. The highest BCUT2D eigenvalue weighted by atomic mass is 19.4. The molecule has 3 aromatic rings. The molecule has 22 heavy (non-hydrogen) atoms. The summed E-state index contributed by atoms with van der Waals surface area (Å²) < 4.78 is 42.2. The van der Waals surface area contributed by atoms with Gasteiger partial charge in [-0.3, -0.25) is 4.79 Å². The van der Waals surface area contributed by atoms with Crippen LogP contribution in [0.2, 0.25) is 0 Å². The Hall–Kier alpha value is -2.90. The van der Waals surface area contributed by atoms with Crippen LogP contribution in [0, 0.1) is 0 Å². The fourth-order valence-electron chi connectivity index (χ4n) is 2.01. The van der Waals surface area contributed by atoms with Crippen LogP contribution < -0.4 is 10.3 Å². The lowest BCUT2D eigenvalue weighted by Gasteiger charge is -2.11. The number of nitrogens with zero attached hydrogens (tertiary/aromatic N) is 3. The van der Waals surface area contributed by atoms with Crippen molar-refractivity contribution >= 4 is 10.9 Å². The SMILES string of the molecule is O=c1c2c(OC(F)(F)F)cccc2nnn1-c1ccccc1. The third kappa shape index (κ3) is 2.62. The van der Waals surface area contributed by atoms with Crippen molar-refractivity contribution in [1.82, 2.24) is 15.0 Å². The molecule has 0 aliphatic rings. The second-order valence-corrected chi connectivity index (χ2v) is 4.34. The first-order valence-corrected chi connectivity index (χ1v) is 6.15. The van der Waals surface area contributed by atoms with Crippen molar-refractivity contribution in [2.75, 3.05) is 0 Å². The van der Waals surface area contributed by atoms with Crippen LogP contribution in [-0.4, -0.2) is 21.4 Å². The van der Waals surface area contributed by atoms with Gasteiger partial charge < -0.3 is 4.74 Å². The second-order valence-electron chi connectivity index (χ2n) is 4.34. The first kappa shape index (κ1) is 14.1. The van der Waals surface area contributed by atoms with Crippen LogP contribution in [0.1, 0.15) is 0 Å². The summed E-state index contributed by atoms with van der Waals surface area (Å²) in [4.78, 5) is 12.4. The van der Waals surface area contributed by atoms with Gasteiger partial charge in [-0.15, -0.1) is 18.3 Å². The predicted molar refractivity (Wildman–Crippen MR) is 71.8 cm³/mol. The van der Waals surface area contributed by atoms with E-state index in [1.807, 2.05) is 0 Å². The Kier molecular flexibility index (Phi) is 3.28. The number of aromatic nitrogens is 3. The molecular weight excluding hydrogens is 299 g/mol. The zero-order valence-corrected chi connectivity index (χ0v) is 10.9. The maximum Gasteiger partial charge on any atom is 0.573 e. The maximum absolute atomic E-state index is 12.5. The molecule has 112 valence electrons. The Balaban J connectivity index is 2.26. The molecule has 5 nitrogen and oxygen atoms in total. The third-order valence-electron chi connectivity index (χ3n) is 2.88. The summed E-state index contributed by atoms with van der Waals surface area (Å²) in [6.45, 7) is 0. The molecule has 0 spiro atoms. The summed E-state index contributed by atoms with van der Waals surface area (Å²) in [6, 6.07) is 12.0. The van der Waals surface area contributed by atoms with E-state index in [0.29, 0.717) is 5.69 Å². The Morgan fingerprint density at radius 1 is 1.00 bits per heavy atom. The van der Waals surface area contributed by atoms with Gasteiger partial charge in [-0.25, -0.2) is 0 Å². The van der Waals surface area contributed by atoms with E-state index in [4.69, 9.17) is 0 Å². The van der Waals surface area contributed by atoms with Crippen LogP contribution in [-0.2, 0) is 0 Å². The minimum atomic E-state index is -4.90. The van der Waals surface area contributed by atoms with E-state index in [1.165, 1.54) is 12.1 Å². The standard InChI is InChI=1S/C14H8F3N3O2/c15-14(16,17)22-11-8-4-7-10-12(11)13(21)20(19-18-10)9-5-2-1-3-6-9/h1-8H. The summed E-state index contributed by atoms with van der Waals surface area (Å²) in [5.41, 5.74) is -0.321. The van der Waals surface area contributed by atoms with Crippen molar-refractivity contribution in [3.05, 3.63) is 58.9 Å². The number of para-hydroxylation sites is 1. The van der Waals surface area contributed by atoms with Gasteiger partial charge in [0, 0.05) is 0 Å². The highest BCUT2D eigenvalue weighted by molar-refractivity contribution is 5.83. The van der Waals surface area contributed by atoms with E-state index in [9.17, 15) is 18.0 Å². The fraction of sp³-hybridized carbons (Fsp3) is 0.0714. The molecule has 0 bridgehead atoms. The van der Waals surface area contributed by atoms with Gasteiger partial charge in [0.1, 0.15) is 16.7 Å². The van der Waals surface area contributed by atoms with E-state index in [1.54, 1.807) is 30.3 Å². The average molecular weight is 307 g/mol. The number of benzene rings is 2. The summed E-state index contributed by atoms with van der Waals surface area (Å²) in [5.74, 6) is -0.602. The molecule has 0 saturated heterocycles. The molecule has 0 saturated carbocycles. The normalized spacial score (nSPS) is 11.6. The molecule has 0 unspecified atom stereocenters. The lowest BCUT2D eigenvalue weighted by Crippen LogP contribution is -2.24. The van der Waals surface area contributed by atoms with Crippen LogP contribution in [0.25, 0.3) is 16.6 Å². The monoisotopic (exact) mass is 307 g/mol. The van der Waals surface area contributed by atoms with Gasteiger partial charge >= 0.3 is 6.36 Å². The summed E-state index contributed by atoms with van der Waals surface area (Å²) in [6.07, 6.45) is -4.90. The lowest BCUT2D eigenvalue weighted by atomic mass is 10.2. The number of ether oxygens (including phenoxy) is 1. The van der Waals surface area contributed by atoms with Crippen LogP contribution in [0.3, 0.4) is 0 Å². The van der Waals surface area contributed by atoms with Gasteiger partial charge in [0.2, 0.25) is 0 Å². The van der Waals surface area contributed by atoms with Gasteiger partial charge in [0.05, 0.1) is 5.69 Å². The summed E-state index contributed by atoms with van der Waals surface area (Å²) in [7, 11) is 0. The largest absolute Gasteiger partial charge is 0.573 e. The molecule has 1 aromatic heterocycles. The minimum Gasteiger partial charge on any atom is -0.405 e. The van der Waals surface area contributed by atoms with Gasteiger partial charge in [0.25, 0.3) is 5.56 Å². The average Bonchev–Trinajstić information content (AvgIpc) is 2.47. The third-order valence-corrected chi connectivity index (χ3v) is 2.88. The van der Waals surface area contributed by atoms with E-state index < -0.39 is 17.7 Å². The highest BCUT2D eigenvalue weighted by Crippen LogP contribution is 2.27. The van der Waals surface area contributed by atoms with Gasteiger partial charge in [-0.1, -0.05) is 29.5 Å². The zero-order chi connectivity index (χ0) is 15.7. The topological polar surface area (TPSA) is 57.0 Å². The van der Waals surface area contributed by atoms with Gasteiger partial charge in [0.15, 0.2) is 0 Å². The van der Waals surface area contributed by atoms with E-state index >= 15 is 0 Å². The van der Waals surface area contributed by atoms with E-state index in [-0.39, 0.29) is 10.9 Å². The molecule has 2 aromatic carbocycles. The number of hydrogen-bond acceptors (Lipinski definition) is 4. The molecule has 0 atom stereocenters. The quantitative estimate of drug-likeness (QED) is 0.730. The lowest BCUT2D eigenvalue weighted by molar-refractivity contribution is -0.274. The first-order valence-electron chi connectivity index (χ1n) is 6.15. The first-order chi connectivity index (χ1) is 10.5. The molecule has 8 heteroatoms. The Morgan fingerprint density at radius 2 is 1.73 bits per heavy atom. The summed E-state index contributed by atoms with van der Waals surface area (Å²) in [5, 5.41) is 7.23. The predicted octanol–water partition coefficient (Wildman–Crippen LogP) is 2.68. The minimum absolute atomic E-state index is 0.0268. The van der Waals surface area contributed by atoms with Gasteiger partial charge in [-0.2, -0.15) is 4.68 Å². The Bertz CT molecular complexity index is 876. The van der Waals surface area contributed by atoms with Gasteiger partial charge in [-0.05, 0) is 24.3 Å². The number of rotatable bonds is 2. The van der Waals surface area contributed by atoms with Crippen LogP contribution >= 0.6 is 0 Å². The van der Waals surface area contributed by atoms with Crippen LogP contribution in [0.15, 0.2) is 53.3 Å². The molecule has 0 aliphatic carbocycles. The molecular formula is C14H8F3N3O2. The van der Waals surface area contributed by atoms with Crippen LogP contribution in [0.4, 0.5) is 13.2 Å². The maximum atomic E-state index is 12.5. The fourth-order valence-corrected chi connectivity index (χ4v) is 2.01. The zero-order valence-electron chi connectivity index (χ0n) is 10.9. The van der Waals surface area contributed by atoms with E-state index in [2.05, 4.69) is 15.0 Å². The number of halogens is 3. The molecule has 0 aliphatic heterocycles. The molecule has 0 radical (unpaired) electrons. The van der Waals surface area contributed by atoms with Crippen LogP contribution in [0.5, 0.6) is 5.75 Å². The molecule has 1 heterocycles.